The van der Waals surface area contributed by atoms with Crippen LogP contribution in [0.5, 0.6) is 0 Å². The molecule has 0 unspecified atom stereocenters. The quantitative estimate of drug-likeness (QED) is 0.188. The number of fused-ring (bicyclic) bond motifs is 8. The van der Waals surface area contributed by atoms with E-state index in [1.54, 1.807) is 0 Å². The van der Waals surface area contributed by atoms with Crippen molar-refractivity contribution >= 4 is 46.4 Å². The minimum absolute atomic E-state index is 0.890. The van der Waals surface area contributed by atoms with Crippen molar-refractivity contribution in [1.29, 1.82) is 0 Å². The number of hydrogen-bond acceptors (Lipinski definition) is 2. The Morgan fingerprint density at radius 2 is 0.720 bits per heavy atom. The smallest absolute Gasteiger partial charge is 0.216 e. The standard InChI is InChI=1S/C44H33N6/c1-49-27-11-9-17-39(49)43-35-23-19-31(45-35)41(29-13-5-3-6-14-29)33-21-25-37(47-33)44(40-18-10-12-28-50(40)2)38-26-22-34(48-38)42(30-15-7-4-8-16-30)32-20-24-36(43)46-32/h3-28H,1-2H3,(H,45,46,47,48)/q+1/p+1. The second-order valence-electron chi connectivity index (χ2n) is 12.6. The van der Waals surface area contributed by atoms with Crippen molar-refractivity contribution in [2.24, 2.45) is 14.1 Å². The highest BCUT2D eigenvalue weighted by Crippen LogP contribution is 2.37. The van der Waals surface area contributed by atoms with Crippen molar-refractivity contribution in [2.45, 2.75) is 0 Å². The maximum Gasteiger partial charge on any atom is 0.216 e. The summed E-state index contributed by atoms with van der Waals surface area (Å²) in [5.41, 5.74) is 15.9. The van der Waals surface area contributed by atoms with Crippen LogP contribution < -0.4 is 9.13 Å². The molecule has 0 atom stereocenters. The van der Waals surface area contributed by atoms with Gasteiger partial charge in [0.05, 0.1) is 44.9 Å². The number of aromatic nitrogens is 6. The van der Waals surface area contributed by atoms with E-state index in [4.69, 9.17) is 9.97 Å². The molecule has 0 fully saturated rings. The van der Waals surface area contributed by atoms with Gasteiger partial charge in [0.1, 0.15) is 14.1 Å². The molecule has 6 heteroatoms. The molecule has 0 radical (unpaired) electrons. The molecule has 7 aromatic rings. The highest BCUT2D eigenvalue weighted by molar-refractivity contribution is 5.98. The molecule has 5 aromatic heterocycles. The average Bonchev–Trinajstić information content (AvgIpc) is 3.98. The summed E-state index contributed by atoms with van der Waals surface area (Å²) in [6.45, 7) is 0. The predicted molar refractivity (Wildman–Crippen MR) is 203 cm³/mol. The summed E-state index contributed by atoms with van der Waals surface area (Å²) in [6, 6.07) is 42.2. The van der Waals surface area contributed by atoms with E-state index in [0.717, 1.165) is 89.6 Å². The van der Waals surface area contributed by atoms with Crippen LogP contribution in [-0.2, 0) is 14.1 Å². The molecule has 2 N–H and O–H groups in total. The van der Waals surface area contributed by atoms with Gasteiger partial charge < -0.3 is 9.97 Å². The third kappa shape index (κ3) is 5.06. The van der Waals surface area contributed by atoms with Crippen LogP contribution in [0.4, 0.5) is 0 Å². The normalized spacial score (nSPS) is 12.0. The molecule has 2 aromatic carbocycles. The Labute approximate surface area is 290 Å². The number of benzene rings is 2. The van der Waals surface area contributed by atoms with Crippen LogP contribution in [0.15, 0.2) is 134 Å². The molecule has 8 bridgehead atoms. The van der Waals surface area contributed by atoms with E-state index in [1.165, 1.54) is 0 Å². The van der Waals surface area contributed by atoms with Gasteiger partial charge in [-0.15, -0.1) is 0 Å². The molecule has 238 valence electrons. The van der Waals surface area contributed by atoms with E-state index in [9.17, 15) is 0 Å². The fraction of sp³-hybridized carbons (Fsp3) is 0.0455. The molecule has 0 saturated carbocycles. The summed E-state index contributed by atoms with van der Waals surface area (Å²) >= 11 is 0. The zero-order valence-electron chi connectivity index (χ0n) is 27.8. The lowest BCUT2D eigenvalue weighted by molar-refractivity contribution is -0.660. The summed E-state index contributed by atoms with van der Waals surface area (Å²) in [5, 5.41) is 0. The molecule has 50 heavy (non-hydrogen) atoms. The number of nitrogens with one attached hydrogen (secondary N) is 2. The topological polar surface area (TPSA) is 65.1 Å². The number of pyridine rings is 2. The van der Waals surface area contributed by atoms with Gasteiger partial charge in [-0.25, -0.2) is 19.1 Å². The number of rotatable bonds is 4. The molecule has 0 amide bonds. The summed E-state index contributed by atoms with van der Waals surface area (Å²) in [7, 11) is 4.16. The first kappa shape index (κ1) is 29.5. The summed E-state index contributed by atoms with van der Waals surface area (Å²) < 4.78 is 4.30. The highest BCUT2D eigenvalue weighted by Gasteiger charge is 2.22. The van der Waals surface area contributed by atoms with Gasteiger partial charge in [-0.3, -0.25) is 0 Å². The Hall–Kier alpha value is -6.66. The van der Waals surface area contributed by atoms with Gasteiger partial charge in [0.25, 0.3) is 0 Å². The molecule has 2 aliphatic heterocycles. The van der Waals surface area contributed by atoms with Gasteiger partial charge in [-0.05, 0) is 71.8 Å². The Morgan fingerprint density at radius 3 is 1.10 bits per heavy atom. The molecule has 2 aliphatic rings. The van der Waals surface area contributed by atoms with Crippen molar-refractivity contribution in [3.63, 3.8) is 0 Å². The predicted octanol–water partition coefficient (Wildman–Crippen LogP) is 8.97. The van der Waals surface area contributed by atoms with Gasteiger partial charge in [-0.1, -0.05) is 60.7 Å². The van der Waals surface area contributed by atoms with Crippen LogP contribution in [-0.4, -0.2) is 19.9 Å². The summed E-state index contributed by atoms with van der Waals surface area (Å²) in [6.07, 6.45) is 12.7. The minimum atomic E-state index is 0.890. The van der Waals surface area contributed by atoms with E-state index in [-0.39, 0.29) is 0 Å². The zero-order chi connectivity index (χ0) is 33.6. The number of aromatic amines is 2. The number of H-pyrrole nitrogens is 2. The van der Waals surface area contributed by atoms with Crippen LogP contribution in [0.3, 0.4) is 0 Å². The largest absolute Gasteiger partial charge is 0.354 e. The molecule has 0 aliphatic carbocycles. The van der Waals surface area contributed by atoms with E-state index in [2.05, 4.69) is 167 Å². The van der Waals surface area contributed by atoms with Gasteiger partial charge in [0, 0.05) is 46.4 Å². The van der Waals surface area contributed by atoms with Crippen LogP contribution in [0, 0.1) is 0 Å². The van der Waals surface area contributed by atoms with Gasteiger partial charge in [0.2, 0.25) is 11.4 Å². The number of hydrogen-bond donors (Lipinski definition) is 2. The second-order valence-corrected chi connectivity index (χ2v) is 12.6. The molecule has 9 rings (SSSR count). The SMILES string of the molecule is C[n+]1ccccc1-c1c2nc(c(-c3ccccc3)c3ccc([nH]3)c(-c3cccc[n+]3C)c3nc(c(-c4ccccc4)c4ccc1[nH]4)C=C3)C=C2. The Balaban J connectivity index is 1.50. The lowest BCUT2D eigenvalue weighted by Gasteiger charge is -2.06. The summed E-state index contributed by atoms with van der Waals surface area (Å²) in [5.74, 6) is 0. The van der Waals surface area contributed by atoms with E-state index in [1.807, 2.05) is 24.3 Å². The van der Waals surface area contributed by atoms with E-state index < -0.39 is 0 Å². The molecule has 0 spiro atoms. The average molecular weight is 647 g/mol. The monoisotopic (exact) mass is 646 g/mol. The number of aryl methyl sites for hydroxylation is 2. The van der Waals surface area contributed by atoms with Gasteiger partial charge >= 0.3 is 0 Å². The van der Waals surface area contributed by atoms with Crippen LogP contribution in [0.25, 0.3) is 91.1 Å². The van der Waals surface area contributed by atoms with Gasteiger partial charge in [-0.2, -0.15) is 0 Å². The Bertz CT molecular complexity index is 2480. The zero-order valence-corrected chi connectivity index (χ0v) is 27.8. The minimum Gasteiger partial charge on any atom is -0.354 e. The van der Waals surface area contributed by atoms with Crippen LogP contribution >= 0.6 is 0 Å². The first-order valence-corrected chi connectivity index (χ1v) is 16.8. The maximum absolute atomic E-state index is 5.39. The highest BCUT2D eigenvalue weighted by atomic mass is 14.9. The Kier molecular flexibility index (Phi) is 7.13. The third-order valence-corrected chi connectivity index (χ3v) is 9.50. The molecule has 0 saturated heterocycles. The first-order chi connectivity index (χ1) is 24.6. The Morgan fingerprint density at radius 1 is 0.380 bits per heavy atom. The molecular formula is C44H34N6+2. The fourth-order valence-electron chi connectivity index (χ4n) is 7.13. The summed E-state index contributed by atoms with van der Waals surface area (Å²) in [4.78, 5) is 18.4. The number of nitrogens with zero attached hydrogens (tertiary/aromatic N) is 4. The van der Waals surface area contributed by atoms with Crippen LogP contribution in [0.2, 0.25) is 0 Å². The van der Waals surface area contributed by atoms with Crippen molar-refractivity contribution in [1.82, 2.24) is 19.9 Å². The van der Waals surface area contributed by atoms with Crippen molar-refractivity contribution in [2.75, 3.05) is 0 Å². The second kappa shape index (κ2) is 12.1. The molecule has 7 heterocycles. The fourth-order valence-corrected chi connectivity index (χ4v) is 7.13. The molecular weight excluding hydrogens is 613 g/mol. The van der Waals surface area contributed by atoms with Crippen molar-refractivity contribution in [3.05, 3.63) is 156 Å². The third-order valence-electron chi connectivity index (χ3n) is 9.50. The van der Waals surface area contributed by atoms with E-state index >= 15 is 0 Å². The molecule has 6 nitrogen and oxygen atoms in total. The lowest BCUT2D eigenvalue weighted by Crippen LogP contribution is -2.30. The lowest BCUT2D eigenvalue weighted by atomic mass is 10.0. The van der Waals surface area contributed by atoms with E-state index in [0.29, 0.717) is 0 Å². The van der Waals surface area contributed by atoms with Crippen LogP contribution in [0.1, 0.15) is 22.8 Å². The first-order valence-electron chi connectivity index (χ1n) is 16.8. The van der Waals surface area contributed by atoms with Crippen molar-refractivity contribution < 1.29 is 9.13 Å². The van der Waals surface area contributed by atoms with Gasteiger partial charge in [0.15, 0.2) is 12.4 Å². The van der Waals surface area contributed by atoms with Crippen molar-refractivity contribution in [3.8, 4) is 44.8 Å². The maximum atomic E-state index is 5.39.